The molecule has 1 aliphatic rings. The van der Waals surface area contributed by atoms with Crippen LogP contribution < -0.4 is 10.6 Å². The second-order valence-corrected chi connectivity index (χ2v) is 5.92. The molecule has 0 aromatic rings. The normalized spacial score (nSPS) is 15.7. The predicted octanol–water partition coefficient (Wildman–Crippen LogP) is 0.350. The first-order valence-corrected chi connectivity index (χ1v) is 7.41. The molecule has 1 fully saturated rings. The summed E-state index contributed by atoms with van der Waals surface area (Å²) >= 11 is 0. The van der Waals surface area contributed by atoms with Gasteiger partial charge in [-0.2, -0.15) is 0 Å². The summed E-state index contributed by atoms with van der Waals surface area (Å²) in [5.74, 6) is 0.144. The Morgan fingerprint density at radius 3 is 2.43 bits per heavy atom. The molecule has 0 aliphatic carbocycles. The molecule has 1 aliphatic heterocycles. The number of ether oxygens (including phenoxy) is 2. The fourth-order valence-electron chi connectivity index (χ4n) is 1.86. The number of morpholine rings is 1. The molecule has 0 radical (unpaired) electrons. The van der Waals surface area contributed by atoms with E-state index in [0.29, 0.717) is 52.4 Å². The number of nitrogens with zero attached hydrogens (tertiary/aromatic N) is 1. The van der Waals surface area contributed by atoms with Crippen molar-refractivity contribution in [3.8, 4) is 0 Å². The van der Waals surface area contributed by atoms with E-state index in [9.17, 15) is 9.59 Å². The van der Waals surface area contributed by atoms with Crippen molar-refractivity contribution in [1.82, 2.24) is 15.5 Å². The van der Waals surface area contributed by atoms with Gasteiger partial charge in [-0.05, 0) is 20.8 Å². The monoisotopic (exact) mass is 301 g/mol. The number of amides is 2. The molecule has 122 valence electrons. The van der Waals surface area contributed by atoms with Crippen LogP contribution in [0, 0.1) is 0 Å². The van der Waals surface area contributed by atoms with E-state index in [-0.39, 0.29) is 5.91 Å². The van der Waals surface area contributed by atoms with Gasteiger partial charge in [0.1, 0.15) is 5.60 Å². The van der Waals surface area contributed by atoms with Crippen LogP contribution in [0.5, 0.6) is 0 Å². The highest BCUT2D eigenvalue weighted by Crippen LogP contribution is 2.06. The molecule has 0 aromatic carbocycles. The zero-order valence-electron chi connectivity index (χ0n) is 13.2. The van der Waals surface area contributed by atoms with E-state index in [2.05, 4.69) is 10.6 Å². The number of hydrogen-bond donors (Lipinski definition) is 2. The average molecular weight is 301 g/mol. The smallest absolute Gasteiger partial charge is 0.407 e. The van der Waals surface area contributed by atoms with Gasteiger partial charge in [0.05, 0.1) is 13.2 Å². The SMILES string of the molecule is CC(C)(C)OC(=O)NCCNCCC(=O)N1CCOCC1. The zero-order chi connectivity index (χ0) is 15.7. The number of rotatable bonds is 6. The van der Waals surface area contributed by atoms with Gasteiger partial charge >= 0.3 is 6.09 Å². The molecule has 0 unspecified atom stereocenters. The van der Waals surface area contributed by atoms with Gasteiger partial charge in [-0.25, -0.2) is 4.79 Å². The minimum atomic E-state index is -0.484. The quantitative estimate of drug-likeness (QED) is 0.692. The third-order valence-corrected chi connectivity index (χ3v) is 2.85. The van der Waals surface area contributed by atoms with Crippen LogP contribution in [0.4, 0.5) is 4.79 Å². The van der Waals surface area contributed by atoms with Crippen molar-refractivity contribution < 1.29 is 19.1 Å². The van der Waals surface area contributed by atoms with E-state index in [4.69, 9.17) is 9.47 Å². The largest absolute Gasteiger partial charge is 0.444 e. The maximum absolute atomic E-state index is 11.8. The molecule has 0 atom stereocenters. The standard InChI is InChI=1S/C14H27N3O4/c1-14(2,3)21-13(19)16-7-6-15-5-4-12(18)17-8-10-20-11-9-17/h15H,4-11H2,1-3H3,(H,16,19). The molecule has 1 saturated heterocycles. The number of hydrogen-bond acceptors (Lipinski definition) is 5. The molecule has 7 heteroatoms. The lowest BCUT2D eigenvalue weighted by molar-refractivity contribution is -0.135. The van der Waals surface area contributed by atoms with Crippen molar-refractivity contribution in [2.24, 2.45) is 0 Å². The van der Waals surface area contributed by atoms with Gasteiger partial charge in [0.15, 0.2) is 0 Å². The number of carbonyl (C=O) groups excluding carboxylic acids is 2. The summed E-state index contributed by atoms with van der Waals surface area (Å²) in [6, 6.07) is 0. The highest BCUT2D eigenvalue weighted by atomic mass is 16.6. The Labute approximate surface area is 126 Å². The summed E-state index contributed by atoms with van der Waals surface area (Å²) in [5.41, 5.74) is -0.484. The lowest BCUT2D eigenvalue weighted by Gasteiger charge is -2.26. The van der Waals surface area contributed by atoms with E-state index >= 15 is 0 Å². The van der Waals surface area contributed by atoms with Crippen LogP contribution in [0.2, 0.25) is 0 Å². The molecule has 1 heterocycles. The molecule has 7 nitrogen and oxygen atoms in total. The van der Waals surface area contributed by atoms with E-state index in [1.165, 1.54) is 0 Å². The van der Waals surface area contributed by atoms with Gasteiger partial charge < -0.3 is 25.0 Å². The molecule has 2 amide bonds. The summed E-state index contributed by atoms with van der Waals surface area (Å²) in [6.07, 6.45) is 0.0422. The van der Waals surface area contributed by atoms with Gasteiger partial charge in [-0.3, -0.25) is 4.79 Å². The Morgan fingerprint density at radius 1 is 1.14 bits per heavy atom. The molecule has 0 bridgehead atoms. The first-order valence-electron chi connectivity index (χ1n) is 7.41. The van der Waals surface area contributed by atoms with Crippen molar-refractivity contribution in [1.29, 1.82) is 0 Å². The van der Waals surface area contributed by atoms with Crippen LogP contribution in [0.15, 0.2) is 0 Å². The molecule has 0 spiro atoms. The maximum Gasteiger partial charge on any atom is 0.407 e. The molecule has 21 heavy (non-hydrogen) atoms. The molecular weight excluding hydrogens is 274 g/mol. The predicted molar refractivity (Wildman–Crippen MR) is 79.1 cm³/mol. The zero-order valence-corrected chi connectivity index (χ0v) is 13.2. The van der Waals surface area contributed by atoms with E-state index in [1.807, 2.05) is 25.7 Å². The Hall–Kier alpha value is -1.34. The third-order valence-electron chi connectivity index (χ3n) is 2.85. The molecule has 2 N–H and O–H groups in total. The first-order chi connectivity index (χ1) is 9.88. The van der Waals surface area contributed by atoms with E-state index < -0.39 is 11.7 Å². The van der Waals surface area contributed by atoms with Crippen molar-refractivity contribution in [2.45, 2.75) is 32.8 Å². The number of nitrogens with one attached hydrogen (secondary N) is 2. The fraction of sp³-hybridized carbons (Fsp3) is 0.857. The molecule has 0 saturated carbocycles. The second-order valence-electron chi connectivity index (χ2n) is 5.92. The third kappa shape index (κ3) is 8.52. The highest BCUT2D eigenvalue weighted by molar-refractivity contribution is 5.76. The number of alkyl carbamates (subject to hydrolysis) is 1. The van der Waals surface area contributed by atoms with E-state index in [0.717, 1.165) is 0 Å². The molecular formula is C14H27N3O4. The summed E-state index contributed by atoms with van der Waals surface area (Å²) in [4.78, 5) is 25.0. The van der Waals surface area contributed by atoms with Gasteiger partial charge in [0.25, 0.3) is 0 Å². The Balaban J connectivity index is 1.99. The summed E-state index contributed by atoms with van der Waals surface area (Å²) < 4.78 is 10.3. The average Bonchev–Trinajstić information content (AvgIpc) is 2.41. The van der Waals surface area contributed by atoms with Crippen LogP contribution in [0.25, 0.3) is 0 Å². The van der Waals surface area contributed by atoms with Crippen molar-refractivity contribution in [3.63, 3.8) is 0 Å². The summed E-state index contributed by atoms with van der Waals surface area (Å²) in [5, 5.41) is 5.78. The topological polar surface area (TPSA) is 79.9 Å². The first kappa shape index (κ1) is 17.7. The van der Waals surface area contributed by atoms with Crippen LogP contribution in [-0.4, -0.2) is 68.4 Å². The van der Waals surface area contributed by atoms with Gasteiger partial charge in [0.2, 0.25) is 5.91 Å². The van der Waals surface area contributed by atoms with Crippen molar-refractivity contribution in [3.05, 3.63) is 0 Å². The molecule has 1 rings (SSSR count). The summed E-state index contributed by atoms with van der Waals surface area (Å²) in [7, 11) is 0. The van der Waals surface area contributed by atoms with Crippen LogP contribution in [-0.2, 0) is 14.3 Å². The van der Waals surface area contributed by atoms with Crippen LogP contribution in [0.3, 0.4) is 0 Å². The lowest BCUT2D eigenvalue weighted by atomic mass is 10.2. The fourth-order valence-corrected chi connectivity index (χ4v) is 1.86. The van der Waals surface area contributed by atoms with Crippen LogP contribution >= 0.6 is 0 Å². The Bertz CT molecular complexity index is 336. The van der Waals surface area contributed by atoms with Gasteiger partial charge in [-0.15, -0.1) is 0 Å². The minimum Gasteiger partial charge on any atom is -0.444 e. The maximum atomic E-state index is 11.8. The lowest BCUT2D eigenvalue weighted by Crippen LogP contribution is -2.42. The van der Waals surface area contributed by atoms with E-state index in [1.54, 1.807) is 0 Å². The van der Waals surface area contributed by atoms with Crippen molar-refractivity contribution in [2.75, 3.05) is 45.9 Å². The highest BCUT2D eigenvalue weighted by Gasteiger charge is 2.16. The van der Waals surface area contributed by atoms with Gasteiger partial charge in [0, 0.05) is 39.1 Å². The summed E-state index contributed by atoms with van der Waals surface area (Å²) in [6.45, 7) is 9.75. The minimum absolute atomic E-state index is 0.144. The number of carbonyl (C=O) groups is 2. The Kier molecular flexibility index (Phi) is 7.45. The van der Waals surface area contributed by atoms with Crippen molar-refractivity contribution >= 4 is 12.0 Å². The van der Waals surface area contributed by atoms with Gasteiger partial charge in [-0.1, -0.05) is 0 Å². The Morgan fingerprint density at radius 2 is 1.81 bits per heavy atom. The second kappa shape index (κ2) is 8.84. The molecule has 0 aromatic heterocycles. The van der Waals surface area contributed by atoms with Crippen LogP contribution in [0.1, 0.15) is 27.2 Å².